The number of aromatic nitrogens is 3. The Balaban J connectivity index is 1.96. The Morgan fingerprint density at radius 3 is 2.71 bits per heavy atom. The van der Waals surface area contributed by atoms with E-state index in [4.69, 9.17) is 0 Å². The number of ether oxygens (including phenoxy) is 1. The first-order valence-electron chi connectivity index (χ1n) is 9.38. The van der Waals surface area contributed by atoms with Gasteiger partial charge in [0.15, 0.2) is 10.8 Å². The fraction of sp³-hybridized carbons (Fsp3) is 0.300. The number of nitrogens with zero attached hydrogens (tertiary/aromatic N) is 2. The van der Waals surface area contributed by atoms with Crippen LogP contribution in [0.4, 0.5) is 5.13 Å². The maximum atomic E-state index is 13.0. The van der Waals surface area contributed by atoms with Crippen LogP contribution >= 0.6 is 11.3 Å². The minimum Gasteiger partial charge on any atom is -0.508 e. The van der Waals surface area contributed by atoms with Crippen molar-refractivity contribution in [1.29, 1.82) is 0 Å². The van der Waals surface area contributed by atoms with E-state index in [9.17, 15) is 24.6 Å². The van der Waals surface area contributed by atoms with Crippen molar-refractivity contribution in [3.8, 4) is 22.9 Å². The molecule has 2 aromatic heterocycles. The molecule has 0 aliphatic rings. The number of hydrogen-bond donors (Lipinski definition) is 4. The Hall–Kier alpha value is -3.60. The first-order valence-corrected chi connectivity index (χ1v) is 10.3. The monoisotopic (exact) mass is 446 g/mol. The van der Waals surface area contributed by atoms with Crippen LogP contribution in [0.1, 0.15) is 36.8 Å². The van der Waals surface area contributed by atoms with Crippen LogP contribution in [0.3, 0.4) is 0 Å². The second kappa shape index (κ2) is 9.04. The third-order valence-electron chi connectivity index (χ3n) is 4.48. The number of nitrogens with one attached hydrogen (secondary N) is 2. The van der Waals surface area contributed by atoms with E-state index in [1.54, 1.807) is 12.1 Å². The molecule has 0 saturated carbocycles. The lowest BCUT2D eigenvalue weighted by molar-refractivity contribution is -0.119. The van der Waals surface area contributed by atoms with E-state index in [0.29, 0.717) is 5.56 Å². The van der Waals surface area contributed by atoms with Gasteiger partial charge in [-0.1, -0.05) is 26.0 Å². The van der Waals surface area contributed by atoms with Gasteiger partial charge < -0.3 is 25.3 Å². The van der Waals surface area contributed by atoms with Crippen LogP contribution in [0.25, 0.3) is 11.3 Å². The molecule has 0 aliphatic heterocycles. The number of aromatic hydroxyl groups is 2. The van der Waals surface area contributed by atoms with E-state index < -0.39 is 29.5 Å². The predicted molar refractivity (Wildman–Crippen MR) is 114 cm³/mol. The molecule has 164 valence electrons. The van der Waals surface area contributed by atoms with Gasteiger partial charge in [0.25, 0.3) is 0 Å². The van der Waals surface area contributed by atoms with Crippen molar-refractivity contribution in [3.63, 3.8) is 0 Å². The fourth-order valence-corrected chi connectivity index (χ4v) is 3.77. The molecule has 1 atom stereocenters. The van der Waals surface area contributed by atoms with Crippen molar-refractivity contribution in [3.05, 3.63) is 45.8 Å². The second-order valence-corrected chi connectivity index (χ2v) is 8.07. The number of imidazole rings is 1. The number of phenols is 1. The molecule has 4 N–H and O–H groups in total. The molecule has 0 bridgehead atoms. The molecule has 3 rings (SSSR count). The Morgan fingerprint density at radius 1 is 1.32 bits per heavy atom. The van der Waals surface area contributed by atoms with Crippen LogP contribution in [0.2, 0.25) is 0 Å². The van der Waals surface area contributed by atoms with Gasteiger partial charge >= 0.3 is 11.7 Å². The summed E-state index contributed by atoms with van der Waals surface area (Å²) < 4.78 is 5.58. The van der Waals surface area contributed by atoms with Gasteiger partial charge in [-0.3, -0.25) is 9.36 Å². The van der Waals surface area contributed by atoms with Crippen molar-refractivity contribution in [2.24, 2.45) is 5.92 Å². The Kier molecular flexibility index (Phi) is 6.44. The summed E-state index contributed by atoms with van der Waals surface area (Å²) in [5, 5.41) is 24.7. The Morgan fingerprint density at radius 2 is 2.06 bits per heavy atom. The summed E-state index contributed by atoms with van der Waals surface area (Å²) in [7, 11) is 1.23. The highest BCUT2D eigenvalue weighted by atomic mass is 32.1. The number of thiazole rings is 1. The average molecular weight is 446 g/mol. The van der Waals surface area contributed by atoms with Gasteiger partial charge in [0, 0.05) is 10.9 Å². The lowest BCUT2D eigenvalue weighted by Gasteiger charge is -2.19. The molecule has 0 fully saturated rings. The minimum absolute atomic E-state index is 0.0168. The van der Waals surface area contributed by atoms with Crippen molar-refractivity contribution in [1.82, 2.24) is 14.5 Å². The molecule has 1 amide bonds. The van der Waals surface area contributed by atoms with Crippen molar-refractivity contribution < 1.29 is 24.5 Å². The number of carbonyl (C=O) groups is 2. The number of aromatic amines is 1. The quantitative estimate of drug-likeness (QED) is 0.408. The fourth-order valence-electron chi connectivity index (χ4n) is 3.09. The zero-order chi connectivity index (χ0) is 22.7. The molecule has 31 heavy (non-hydrogen) atoms. The van der Waals surface area contributed by atoms with Gasteiger partial charge in [0.2, 0.25) is 11.8 Å². The smallest absolute Gasteiger partial charge is 0.357 e. The van der Waals surface area contributed by atoms with E-state index in [0.717, 1.165) is 15.9 Å². The van der Waals surface area contributed by atoms with Gasteiger partial charge in [0.1, 0.15) is 17.5 Å². The van der Waals surface area contributed by atoms with Gasteiger partial charge in [-0.05, 0) is 24.5 Å². The highest BCUT2D eigenvalue weighted by Gasteiger charge is 2.29. The number of esters is 1. The normalized spacial score (nSPS) is 12.0. The van der Waals surface area contributed by atoms with E-state index in [1.165, 1.54) is 24.6 Å². The van der Waals surface area contributed by atoms with Crippen LogP contribution < -0.4 is 11.0 Å². The van der Waals surface area contributed by atoms with Crippen LogP contribution in [-0.2, 0) is 9.53 Å². The molecule has 0 unspecified atom stereocenters. The maximum Gasteiger partial charge on any atom is 0.357 e. The molecule has 2 heterocycles. The standard InChI is InChI=1S/C20H22N4O6S/c1-10(2)7-14(16(26)23-19-21-13(9-31-19)18(28)30-3)24-17(27)15(22-20(24)29)11-5-4-6-12(25)8-11/h4-6,8-10,14,25,27H,7H2,1-3H3,(H,22,29)(H,21,23,26)/t14-/m0/s1. The molecular formula is C20H22N4O6S. The molecule has 0 radical (unpaired) electrons. The van der Waals surface area contributed by atoms with Gasteiger partial charge in [0.05, 0.1) is 7.11 Å². The molecule has 3 aromatic rings. The number of phenolic OH excluding ortho intramolecular Hbond substituents is 1. The predicted octanol–water partition coefficient (Wildman–Crippen LogP) is 2.72. The van der Waals surface area contributed by atoms with Crippen LogP contribution in [0, 0.1) is 5.92 Å². The maximum absolute atomic E-state index is 13.0. The van der Waals surface area contributed by atoms with Crippen LogP contribution in [0.15, 0.2) is 34.4 Å². The van der Waals surface area contributed by atoms with E-state index in [-0.39, 0.29) is 34.6 Å². The number of carbonyl (C=O) groups excluding carboxylic acids is 2. The highest BCUT2D eigenvalue weighted by molar-refractivity contribution is 7.14. The Labute approximate surface area is 181 Å². The number of rotatable bonds is 7. The largest absolute Gasteiger partial charge is 0.508 e. The Bertz CT molecular complexity index is 1160. The minimum atomic E-state index is -1.04. The molecular weight excluding hydrogens is 424 g/mol. The molecule has 0 aliphatic carbocycles. The SMILES string of the molecule is COC(=O)c1csc(NC(=O)[C@H](CC(C)C)n2c(O)c(-c3cccc(O)c3)[nH]c2=O)n1. The van der Waals surface area contributed by atoms with Crippen LogP contribution in [-0.4, -0.2) is 43.7 Å². The zero-order valence-corrected chi connectivity index (χ0v) is 17.9. The summed E-state index contributed by atoms with van der Waals surface area (Å²) in [6.45, 7) is 3.76. The molecule has 1 aromatic carbocycles. The topological polar surface area (TPSA) is 147 Å². The van der Waals surface area contributed by atoms with E-state index in [1.807, 2.05) is 13.8 Å². The first kappa shape index (κ1) is 22.1. The number of benzene rings is 1. The summed E-state index contributed by atoms with van der Waals surface area (Å²) in [6, 6.07) is 4.98. The third-order valence-corrected chi connectivity index (χ3v) is 5.23. The first-order chi connectivity index (χ1) is 14.7. The van der Waals surface area contributed by atoms with Crippen LogP contribution in [0.5, 0.6) is 11.6 Å². The number of anilines is 1. The molecule has 10 nitrogen and oxygen atoms in total. The van der Waals surface area contributed by atoms with E-state index >= 15 is 0 Å². The van der Waals surface area contributed by atoms with Gasteiger partial charge in [-0.15, -0.1) is 11.3 Å². The van der Waals surface area contributed by atoms with Crippen molar-refractivity contribution in [2.45, 2.75) is 26.3 Å². The number of amides is 1. The average Bonchev–Trinajstić information content (AvgIpc) is 3.29. The highest BCUT2D eigenvalue weighted by Crippen LogP contribution is 2.32. The van der Waals surface area contributed by atoms with Crippen molar-refractivity contribution >= 4 is 28.3 Å². The second-order valence-electron chi connectivity index (χ2n) is 7.21. The summed E-state index contributed by atoms with van der Waals surface area (Å²) in [5.74, 6) is -1.65. The van der Waals surface area contributed by atoms with Gasteiger partial charge in [-0.2, -0.15) is 0 Å². The number of hydrogen-bond acceptors (Lipinski definition) is 8. The molecule has 0 saturated heterocycles. The molecule has 11 heteroatoms. The lowest BCUT2D eigenvalue weighted by atomic mass is 10.0. The number of methoxy groups -OCH3 is 1. The lowest BCUT2D eigenvalue weighted by Crippen LogP contribution is -2.33. The summed E-state index contributed by atoms with van der Waals surface area (Å²) in [4.78, 5) is 43.8. The summed E-state index contributed by atoms with van der Waals surface area (Å²) >= 11 is 1.04. The molecule has 0 spiro atoms. The van der Waals surface area contributed by atoms with Gasteiger partial charge in [-0.25, -0.2) is 14.6 Å². The third kappa shape index (κ3) is 4.77. The zero-order valence-electron chi connectivity index (χ0n) is 17.1. The van der Waals surface area contributed by atoms with Crippen molar-refractivity contribution in [2.75, 3.05) is 12.4 Å². The number of H-pyrrole nitrogens is 1. The summed E-state index contributed by atoms with van der Waals surface area (Å²) in [6.07, 6.45) is 0.256. The van der Waals surface area contributed by atoms with E-state index in [2.05, 4.69) is 20.0 Å². The summed E-state index contributed by atoms with van der Waals surface area (Å²) in [5.41, 5.74) is -0.147.